The third-order valence-electron chi connectivity index (χ3n) is 3.73. The molecule has 0 spiro atoms. The lowest BCUT2D eigenvalue weighted by atomic mass is 9.83. The predicted octanol–water partition coefficient (Wildman–Crippen LogP) is 4.24. The number of nitrogens with one attached hydrogen (secondary N) is 1. The van der Waals surface area contributed by atoms with Gasteiger partial charge in [0.15, 0.2) is 0 Å². The van der Waals surface area contributed by atoms with E-state index in [0.29, 0.717) is 0 Å². The van der Waals surface area contributed by atoms with E-state index in [1.54, 1.807) is 5.57 Å². The molecule has 0 aliphatic heterocycles. The first-order valence-electron chi connectivity index (χ1n) is 6.70. The second-order valence-electron chi connectivity index (χ2n) is 5.05. The molecular weight excluding hydrogens is 226 g/mol. The van der Waals surface area contributed by atoms with Crippen LogP contribution < -0.4 is 5.32 Å². The summed E-state index contributed by atoms with van der Waals surface area (Å²) in [4.78, 5) is 1.45. The Morgan fingerprint density at radius 1 is 1.41 bits per heavy atom. The average Bonchev–Trinajstić information content (AvgIpc) is 2.76. The van der Waals surface area contributed by atoms with Crippen molar-refractivity contribution in [2.75, 3.05) is 13.6 Å². The minimum Gasteiger partial charge on any atom is -0.316 e. The largest absolute Gasteiger partial charge is 0.316 e. The molecule has 1 aromatic heterocycles. The van der Waals surface area contributed by atoms with Crippen molar-refractivity contribution in [1.29, 1.82) is 0 Å². The molecule has 0 unspecified atom stereocenters. The van der Waals surface area contributed by atoms with Crippen LogP contribution in [0.5, 0.6) is 0 Å². The third-order valence-corrected chi connectivity index (χ3v) is 4.69. The fourth-order valence-corrected chi connectivity index (χ4v) is 3.58. The first-order valence-corrected chi connectivity index (χ1v) is 7.58. The molecule has 1 N–H and O–H groups in total. The Morgan fingerprint density at radius 3 is 2.76 bits per heavy atom. The summed E-state index contributed by atoms with van der Waals surface area (Å²) >= 11 is 1.86. The third kappa shape index (κ3) is 3.43. The van der Waals surface area contributed by atoms with Crippen LogP contribution in [-0.4, -0.2) is 13.6 Å². The lowest BCUT2D eigenvalue weighted by molar-refractivity contribution is 0.398. The van der Waals surface area contributed by atoms with Crippen LogP contribution in [0.3, 0.4) is 0 Å². The highest BCUT2D eigenvalue weighted by Gasteiger charge is 2.17. The second-order valence-corrected chi connectivity index (χ2v) is 6.00. The fourth-order valence-electron chi connectivity index (χ4n) is 2.69. The van der Waals surface area contributed by atoms with Gasteiger partial charge in [-0.1, -0.05) is 24.8 Å². The summed E-state index contributed by atoms with van der Waals surface area (Å²) in [7, 11) is 2.05. The van der Waals surface area contributed by atoms with Crippen molar-refractivity contribution in [1.82, 2.24) is 5.32 Å². The van der Waals surface area contributed by atoms with Crippen molar-refractivity contribution in [2.24, 2.45) is 5.92 Å². The van der Waals surface area contributed by atoms with E-state index in [1.165, 1.54) is 42.5 Å². The van der Waals surface area contributed by atoms with Gasteiger partial charge in [0.25, 0.3) is 0 Å². The van der Waals surface area contributed by atoms with E-state index in [0.717, 1.165) is 12.5 Å². The van der Waals surface area contributed by atoms with Crippen LogP contribution in [-0.2, 0) is 0 Å². The van der Waals surface area contributed by atoms with Crippen LogP contribution in [0, 0.1) is 12.8 Å². The molecule has 1 aliphatic carbocycles. The molecule has 17 heavy (non-hydrogen) atoms. The van der Waals surface area contributed by atoms with E-state index in [4.69, 9.17) is 0 Å². The Hall–Kier alpha value is -0.600. The molecule has 0 atom stereocenters. The van der Waals surface area contributed by atoms with Crippen molar-refractivity contribution in [3.63, 3.8) is 0 Å². The van der Waals surface area contributed by atoms with Gasteiger partial charge in [0, 0.05) is 11.4 Å². The highest BCUT2D eigenvalue weighted by Crippen LogP contribution is 2.31. The molecule has 2 rings (SSSR count). The first-order chi connectivity index (χ1) is 8.31. The lowest BCUT2D eigenvalue weighted by Gasteiger charge is -2.24. The molecule has 1 fully saturated rings. The molecule has 1 saturated carbocycles. The summed E-state index contributed by atoms with van der Waals surface area (Å²) < 4.78 is 0. The van der Waals surface area contributed by atoms with Gasteiger partial charge < -0.3 is 5.32 Å². The van der Waals surface area contributed by atoms with Gasteiger partial charge in [-0.2, -0.15) is 0 Å². The molecule has 94 valence electrons. The zero-order valence-corrected chi connectivity index (χ0v) is 11.8. The van der Waals surface area contributed by atoms with Crippen LogP contribution in [0.15, 0.2) is 17.0 Å². The highest BCUT2D eigenvalue weighted by atomic mass is 32.1. The van der Waals surface area contributed by atoms with Crippen molar-refractivity contribution in [3.05, 3.63) is 27.5 Å². The van der Waals surface area contributed by atoms with Crippen LogP contribution >= 0.6 is 11.3 Å². The van der Waals surface area contributed by atoms with Gasteiger partial charge in [-0.15, -0.1) is 11.3 Å². The predicted molar refractivity (Wildman–Crippen MR) is 77.5 cm³/mol. The van der Waals surface area contributed by atoms with E-state index in [1.807, 2.05) is 11.3 Å². The topological polar surface area (TPSA) is 12.0 Å². The molecule has 0 amide bonds. The first kappa shape index (κ1) is 12.8. The summed E-state index contributed by atoms with van der Waals surface area (Å²) in [5.41, 5.74) is 3.03. The van der Waals surface area contributed by atoms with Gasteiger partial charge in [0.1, 0.15) is 0 Å². The summed E-state index contributed by atoms with van der Waals surface area (Å²) in [6.07, 6.45) is 9.47. The Balaban J connectivity index is 2.15. The Bertz CT molecular complexity index is 372. The molecule has 0 bridgehead atoms. The van der Waals surface area contributed by atoms with Crippen molar-refractivity contribution < 1.29 is 0 Å². The smallest absolute Gasteiger partial charge is 0.0299 e. The number of thiophene rings is 1. The van der Waals surface area contributed by atoms with Crippen LogP contribution in [0.1, 0.15) is 42.5 Å². The summed E-state index contributed by atoms with van der Waals surface area (Å²) in [6, 6.07) is 2.22. The van der Waals surface area contributed by atoms with E-state index in [2.05, 4.69) is 36.8 Å². The number of aryl methyl sites for hydroxylation is 1. The van der Waals surface area contributed by atoms with E-state index >= 15 is 0 Å². The monoisotopic (exact) mass is 249 g/mol. The standard InChI is InChI=1S/C15H23NS/c1-12-8-9-17-15(12)10-14(11-16-2)13-6-4-3-5-7-13/h8-10,13,16H,3-7,11H2,1-2H3. The molecule has 0 aromatic carbocycles. The molecule has 1 aromatic rings. The lowest BCUT2D eigenvalue weighted by Crippen LogP contribution is -2.19. The number of hydrogen-bond donors (Lipinski definition) is 1. The van der Waals surface area contributed by atoms with Crippen LogP contribution in [0.2, 0.25) is 0 Å². The van der Waals surface area contributed by atoms with Gasteiger partial charge in [-0.3, -0.25) is 0 Å². The fraction of sp³-hybridized carbons (Fsp3) is 0.600. The maximum Gasteiger partial charge on any atom is 0.0299 e. The van der Waals surface area contributed by atoms with Gasteiger partial charge in [-0.05, 0) is 55.8 Å². The maximum atomic E-state index is 3.33. The molecule has 1 heterocycles. The van der Waals surface area contributed by atoms with E-state index in [-0.39, 0.29) is 0 Å². The molecule has 1 nitrogen and oxygen atoms in total. The van der Waals surface area contributed by atoms with Crippen LogP contribution in [0.4, 0.5) is 0 Å². The quantitative estimate of drug-likeness (QED) is 0.841. The maximum absolute atomic E-state index is 3.33. The van der Waals surface area contributed by atoms with Crippen molar-refractivity contribution in [3.8, 4) is 0 Å². The van der Waals surface area contributed by atoms with Gasteiger partial charge in [-0.25, -0.2) is 0 Å². The molecule has 1 aliphatic rings. The molecule has 0 saturated heterocycles. The Labute approximate surface area is 109 Å². The SMILES string of the molecule is CNCC(=Cc1sccc1C)C1CCCCC1. The van der Waals surface area contributed by atoms with Crippen LogP contribution in [0.25, 0.3) is 6.08 Å². The average molecular weight is 249 g/mol. The minimum atomic E-state index is 0.817. The molecule has 2 heteroatoms. The highest BCUT2D eigenvalue weighted by molar-refractivity contribution is 7.11. The number of hydrogen-bond acceptors (Lipinski definition) is 2. The Kier molecular flexibility index (Phi) is 4.81. The van der Waals surface area contributed by atoms with E-state index < -0.39 is 0 Å². The summed E-state index contributed by atoms with van der Waals surface area (Å²) in [5, 5.41) is 5.53. The van der Waals surface area contributed by atoms with Crippen molar-refractivity contribution in [2.45, 2.75) is 39.0 Å². The number of likely N-dealkylation sites (N-methyl/N-ethyl adjacent to an activating group) is 1. The van der Waals surface area contributed by atoms with Gasteiger partial charge >= 0.3 is 0 Å². The summed E-state index contributed by atoms with van der Waals surface area (Å²) in [5.74, 6) is 0.817. The van der Waals surface area contributed by atoms with Crippen molar-refractivity contribution >= 4 is 17.4 Å². The zero-order valence-electron chi connectivity index (χ0n) is 11.0. The minimum absolute atomic E-state index is 0.817. The zero-order chi connectivity index (χ0) is 12.1. The second kappa shape index (κ2) is 6.36. The number of rotatable bonds is 4. The normalized spacial score (nSPS) is 18.6. The molecular formula is C15H23NS. The Morgan fingerprint density at radius 2 is 2.18 bits per heavy atom. The van der Waals surface area contributed by atoms with Gasteiger partial charge in [0.05, 0.1) is 0 Å². The summed E-state index contributed by atoms with van der Waals surface area (Å²) in [6.45, 7) is 3.25. The van der Waals surface area contributed by atoms with E-state index in [9.17, 15) is 0 Å². The molecule has 0 radical (unpaired) electrons. The van der Waals surface area contributed by atoms with Gasteiger partial charge in [0.2, 0.25) is 0 Å².